The molecule has 1 N–H and O–H groups in total. The van der Waals surface area contributed by atoms with Crippen molar-refractivity contribution in [1.29, 1.82) is 0 Å². The predicted molar refractivity (Wildman–Crippen MR) is 113 cm³/mol. The van der Waals surface area contributed by atoms with Gasteiger partial charge in [-0.15, -0.1) is 0 Å². The molecule has 152 valence electrons. The minimum Gasteiger partial charge on any atom is -0.454 e. The average molecular weight is 402 g/mol. The maximum absolute atomic E-state index is 12.7. The van der Waals surface area contributed by atoms with Gasteiger partial charge in [-0.05, 0) is 62.2 Å². The summed E-state index contributed by atoms with van der Waals surface area (Å²) < 4.78 is 7.29. The fourth-order valence-electron chi connectivity index (χ4n) is 3.82. The van der Waals surface area contributed by atoms with Gasteiger partial charge in [0.25, 0.3) is 0 Å². The number of esters is 1. The van der Waals surface area contributed by atoms with Crippen LogP contribution in [0.2, 0.25) is 0 Å². The van der Waals surface area contributed by atoms with Crippen molar-refractivity contribution in [3.63, 3.8) is 0 Å². The number of hydrogen-bond donors (Lipinski definition) is 1. The molecule has 1 aliphatic heterocycles. The molecule has 3 aromatic rings. The van der Waals surface area contributed by atoms with E-state index in [1.807, 2.05) is 54.8 Å². The van der Waals surface area contributed by atoms with Gasteiger partial charge in [-0.25, -0.2) is 4.79 Å². The van der Waals surface area contributed by atoms with Gasteiger partial charge >= 0.3 is 5.97 Å². The maximum Gasteiger partial charge on any atom is 0.338 e. The van der Waals surface area contributed by atoms with Gasteiger partial charge in [0, 0.05) is 34.7 Å². The van der Waals surface area contributed by atoms with E-state index in [0.717, 1.165) is 22.6 Å². The van der Waals surface area contributed by atoms with Crippen LogP contribution < -0.4 is 5.32 Å². The first-order chi connectivity index (χ1) is 14.4. The van der Waals surface area contributed by atoms with Crippen LogP contribution in [0.5, 0.6) is 0 Å². The van der Waals surface area contributed by atoms with Crippen molar-refractivity contribution < 1.29 is 19.1 Å². The molecule has 0 spiro atoms. The van der Waals surface area contributed by atoms with Gasteiger partial charge in [-0.3, -0.25) is 9.59 Å². The first kappa shape index (κ1) is 19.6. The van der Waals surface area contributed by atoms with Gasteiger partial charge in [0.15, 0.2) is 6.61 Å². The Morgan fingerprint density at radius 3 is 2.57 bits per heavy atom. The van der Waals surface area contributed by atoms with Gasteiger partial charge in [-0.2, -0.15) is 0 Å². The third-order valence-electron chi connectivity index (χ3n) is 5.32. The molecule has 2 aromatic carbocycles. The van der Waals surface area contributed by atoms with Crippen LogP contribution in [0.25, 0.3) is 5.69 Å². The minimum absolute atomic E-state index is 0.0310. The topological polar surface area (TPSA) is 77.4 Å². The first-order valence-corrected chi connectivity index (χ1v) is 9.81. The number of hydrogen-bond acceptors (Lipinski definition) is 4. The number of rotatable bonds is 5. The summed E-state index contributed by atoms with van der Waals surface area (Å²) in [6.07, 6.45) is 0.966. The van der Waals surface area contributed by atoms with E-state index in [2.05, 4.69) is 5.32 Å². The van der Waals surface area contributed by atoms with Gasteiger partial charge in [-0.1, -0.05) is 18.2 Å². The zero-order chi connectivity index (χ0) is 21.3. The number of ether oxygens (including phenoxy) is 1. The van der Waals surface area contributed by atoms with Gasteiger partial charge in [0.2, 0.25) is 11.7 Å². The first-order valence-electron chi connectivity index (χ1n) is 9.81. The molecular weight excluding hydrogens is 380 g/mol. The molecule has 0 aliphatic carbocycles. The Morgan fingerprint density at radius 1 is 1.03 bits per heavy atom. The SMILES string of the molecule is Cc1cc(C(=O)COC(=O)c2ccc3c(c2)CCC(=O)N3)c(C)n1-c1ccccc1. The Kier molecular flexibility index (Phi) is 5.23. The lowest BCUT2D eigenvalue weighted by molar-refractivity contribution is -0.116. The molecule has 0 saturated heterocycles. The highest BCUT2D eigenvalue weighted by Gasteiger charge is 2.20. The summed E-state index contributed by atoms with van der Waals surface area (Å²) in [6, 6.07) is 16.6. The van der Waals surface area contributed by atoms with Crippen molar-refractivity contribution in [2.75, 3.05) is 11.9 Å². The van der Waals surface area contributed by atoms with Gasteiger partial charge in [0.1, 0.15) is 0 Å². The lowest BCUT2D eigenvalue weighted by Gasteiger charge is -2.17. The van der Waals surface area contributed by atoms with E-state index < -0.39 is 5.97 Å². The van der Waals surface area contributed by atoms with Crippen molar-refractivity contribution in [2.45, 2.75) is 26.7 Å². The highest BCUT2D eigenvalue weighted by atomic mass is 16.5. The molecule has 0 fully saturated rings. The van der Waals surface area contributed by atoms with Crippen LogP contribution in [-0.4, -0.2) is 28.8 Å². The number of Topliss-reactive ketones (excluding diaryl/α,β-unsaturated/α-hetero) is 1. The standard InChI is InChI=1S/C24H22N2O4/c1-15-12-20(16(2)26(15)19-6-4-3-5-7-19)22(27)14-30-24(29)18-8-10-21-17(13-18)9-11-23(28)25-21/h3-8,10,12-13H,9,11,14H2,1-2H3,(H,25,28). The number of aromatic nitrogens is 1. The molecule has 30 heavy (non-hydrogen) atoms. The highest BCUT2D eigenvalue weighted by molar-refractivity contribution is 6.01. The number of para-hydroxylation sites is 1. The van der Waals surface area contributed by atoms with Crippen molar-refractivity contribution in [2.24, 2.45) is 0 Å². The highest BCUT2D eigenvalue weighted by Crippen LogP contribution is 2.24. The number of carbonyl (C=O) groups excluding carboxylic acids is 3. The quantitative estimate of drug-likeness (QED) is 0.517. The molecule has 6 heteroatoms. The summed E-state index contributed by atoms with van der Waals surface area (Å²) in [5, 5.41) is 2.78. The van der Waals surface area contributed by atoms with E-state index in [4.69, 9.17) is 4.74 Å². The van der Waals surface area contributed by atoms with Crippen LogP contribution in [0.4, 0.5) is 5.69 Å². The molecule has 0 atom stereocenters. The average Bonchev–Trinajstić information content (AvgIpc) is 3.06. The van der Waals surface area contributed by atoms with Crippen molar-refractivity contribution in [1.82, 2.24) is 4.57 Å². The zero-order valence-corrected chi connectivity index (χ0v) is 16.9. The molecule has 0 saturated carbocycles. The summed E-state index contributed by atoms with van der Waals surface area (Å²) in [5.41, 5.74) is 5.23. The van der Waals surface area contributed by atoms with Crippen LogP contribution in [0, 0.1) is 13.8 Å². The van der Waals surface area contributed by atoms with E-state index in [9.17, 15) is 14.4 Å². The molecule has 0 radical (unpaired) electrons. The van der Waals surface area contributed by atoms with E-state index in [1.165, 1.54) is 0 Å². The summed E-state index contributed by atoms with van der Waals surface area (Å²) in [5.74, 6) is -0.833. The van der Waals surface area contributed by atoms with Crippen LogP contribution in [0.15, 0.2) is 54.6 Å². The van der Waals surface area contributed by atoms with E-state index in [-0.39, 0.29) is 18.3 Å². The number of ketones is 1. The molecule has 0 unspecified atom stereocenters. The smallest absolute Gasteiger partial charge is 0.338 e. The Bertz CT molecular complexity index is 1150. The van der Waals surface area contributed by atoms with E-state index in [0.29, 0.717) is 29.7 Å². The number of benzene rings is 2. The molecular formula is C24H22N2O4. The minimum atomic E-state index is -0.556. The lowest BCUT2D eigenvalue weighted by atomic mass is 10.0. The Labute approximate surface area is 174 Å². The lowest BCUT2D eigenvalue weighted by Crippen LogP contribution is -2.20. The summed E-state index contributed by atoms with van der Waals surface area (Å²) in [7, 11) is 0. The number of anilines is 1. The second-order valence-electron chi connectivity index (χ2n) is 7.38. The number of aryl methyl sites for hydroxylation is 2. The van der Waals surface area contributed by atoms with E-state index in [1.54, 1.807) is 18.2 Å². The largest absolute Gasteiger partial charge is 0.454 e. The molecule has 4 rings (SSSR count). The Hall–Kier alpha value is -3.67. The second-order valence-corrected chi connectivity index (χ2v) is 7.38. The van der Waals surface area contributed by atoms with Crippen molar-refractivity contribution in [3.05, 3.63) is 82.7 Å². The fraction of sp³-hybridized carbons (Fsp3) is 0.208. The number of carbonyl (C=O) groups is 3. The molecule has 2 heterocycles. The third kappa shape index (κ3) is 3.76. The number of fused-ring (bicyclic) bond motifs is 1. The number of nitrogens with one attached hydrogen (secondary N) is 1. The monoisotopic (exact) mass is 402 g/mol. The number of amides is 1. The second kappa shape index (κ2) is 7.99. The zero-order valence-electron chi connectivity index (χ0n) is 16.9. The van der Waals surface area contributed by atoms with Gasteiger partial charge < -0.3 is 14.6 Å². The van der Waals surface area contributed by atoms with Gasteiger partial charge in [0.05, 0.1) is 5.56 Å². The Balaban J connectivity index is 1.47. The molecule has 1 aliphatic rings. The molecule has 1 aromatic heterocycles. The van der Waals surface area contributed by atoms with Crippen LogP contribution >= 0.6 is 0 Å². The number of nitrogens with zero attached hydrogens (tertiary/aromatic N) is 1. The van der Waals surface area contributed by atoms with E-state index >= 15 is 0 Å². The molecule has 1 amide bonds. The van der Waals surface area contributed by atoms with Crippen LogP contribution in [0.3, 0.4) is 0 Å². The van der Waals surface area contributed by atoms with Crippen molar-refractivity contribution >= 4 is 23.3 Å². The maximum atomic E-state index is 12.7. The summed E-state index contributed by atoms with van der Waals surface area (Å²) >= 11 is 0. The summed E-state index contributed by atoms with van der Waals surface area (Å²) in [6.45, 7) is 3.49. The summed E-state index contributed by atoms with van der Waals surface area (Å²) in [4.78, 5) is 36.6. The predicted octanol–water partition coefficient (Wildman–Crippen LogP) is 4.02. The van der Waals surface area contributed by atoms with Crippen LogP contribution in [-0.2, 0) is 16.0 Å². The fourth-order valence-corrected chi connectivity index (χ4v) is 3.82. The Morgan fingerprint density at radius 2 is 1.80 bits per heavy atom. The van der Waals surface area contributed by atoms with Crippen LogP contribution in [0.1, 0.15) is 44.1 Å². The molecule has 0 bridgehead atoms. The third-order valence-corrected chi connectivity index (χ3v) is 5.32. The van der Waals surface area contributed by atoms with Crippen molar-refractivity contribution in [3.8, 4) is 5.69 Å². The molecule has 6 nitrogen and oxygen atoms in total. The normalized spacial score (nSPS) is 12.8.